The number of carbonyl (C=O) groups is 2. The van der Waals surface area contributed by atoms with Crippen LogP contribution in [0.1, 0.15) is 28.3 Å². The predicted molar refractivity (Wildman–Crippen MR) is 146 cm³/mol. The zero-order valence-corrected chi connectivity index (χ0v) is 21.2. The summed E-state index contributed by atoms with van der Waals surface area (Å²) in [5.74, 6) is -1.29. The number of rotatable bonds is 7. The third-order valence-electron chi connectivity index (χ3n) is 7.03. The number of nitriles is 1. The van der Waals surface area contributed by atoms with Crippen molar-refractivity contribution in [3.05, 3.63) is 114 Å². The van der Waals surface area contributed by atoms with Gasteiger partial charge in [-0.25, -0.2) is 19.1 Å². The number of nitrogens with one attached hydrogen (secondary N) is 1. The summed E-state index contributed by atoms with van der Waals surface area (Å²) < 4.78 is 7.08. The van der Waals surface area contributed by atoms with Crippen LogP contribution in [0.5, 0.6) is 0 Å². The monoisotopic (exact) mass is 529 g/mol. The molecule has 196 valence electrons. The van der Waals surface area contributed by atoms with Gasteiger partial charge >= 0.3 is 12.1 Å². The second-order valence-corrected chi connectivity index (χ2v) is 9.52. The van der Waals surface area contributed by atoms with Gasteiger partial charge in [0.25, 0.3) is 0 Å². The maximum atomic E-state index is 12.7. The number of imidazole rings is 1. The Kier molecular flexibility index (Phi) is 6.42. The van der Waals surface area contributed by atoms with E-state index in [2.05, 4.69) is 27.5 Å². The molecule has 1 aliphatic rings. The van der Waals surface area contributed by atoms with Gasteiger partial charge < -0.3 is 15.2 Å². The summed E-state index contributed by atoms with van der Waals surface area (Å²) in [5, 5.41) is 25.9. The van der Waals surface area contributed by atoms with Crippen LogP contribution in [0.15, 0.2) is 91.1 Å². The Morgan fingerprint density at radius 1 is 1.00 bits per heavy atom. The van der Waals surface area contributed by atoms with Gasteiger partial charge in [-0.3, -0.25) is 0 Å². The molecule has 40 heavy (non-hydrogen) atoms. The van der Waals surface area contributed by atoms with E-state index in [1.807, 2.05) is 54.6 Å². The first-order chi connectivity index (χ1) is 19.5. The van der Waals surface area contributed by atoms with Crippen LogP contribution in [-0.4, -0.2) is 44.4 Å². The van der Waals surface area contributed by atoms with Gasteiger partial charge in [0.2, 0.25) is 0 Å². The van der Waals surface area contributed by atoms with E-state index >= 15 is 0 Å². The van der Waals surface area contributed by atoms with Crippen LogP contribution in [0.25, 0.3) is 28.0 Å². The van der Waals surface area contributed by atoms with Crippen molar-refractivity contribution in [3.8, 4) is 28.5 Å². The zero-order chi connectivity index (χ0) is 27.6. The number of hydrogen-bond donors (Lipinski definition) is 2. The molecule has 2 N–H and O–H groups in total. The summed E-state index contributed by atoms with van der Waals surface area (Å²) in [6.07, 6.45) is 0.812. The number of ether oxygens (including phenoxy) is 1. The molecular formula is C31H23N5O4. The number of benzene rings is 3. The van der Waals surface area contributed by atoms with Crippen molar-refractivity contribution in [2.24, 2.45) is 0 Å². The molecule has 0 saturated heterocycles. The quantitative estimate of drug-likeness (QED) is 0.310. The molecule has 6 rings (SSSR count). The molecule has 0 saturated carbocycles. The van der Waals surface area contributed by atoms with Crippen molar-refractivity contribution >= 4 is 17.7 Å². The third kappa shape index (κ3) is 4.74. The Bertz CT molecular complexity index is 1760. The van der Waals surface area contributed by atoms with E-state index in [0.717, 1.165) is 27.8 Å². The van der Waals surface area contributed by atoms with Crippen LogP contribution in [-0.2, 0) is 16.0 Å². The van der Waals surface area contributed by atoms with E-state index < -0.39 is 18.1 Å². The molecule has 0 bridgehead atoms. The lowest BCUT2D eigenvalue weighted by Gasteiger charge is -2.18. The van der Waals surface area contributed by atoms with Crippen LogP contribution in [0, 0.1) is 11.3 Å². The molecule has 2 aromatic heterocycles. The van der Waals surface area contributed by atoms with Gasteiger partial charge in [-0.1, -0.05) is 66.7 Å². The van der Waals surface area contributed by atoms with E-state index in [-0.39, 0.29) is 24.6 Å². The minimum absolute atomic E-state index is 0.0548. The van der Waals surface area contributed by atoms with Crippen molar-refractivity contribution in [1.82, 2.24) is 19.9 Å². The van der Waals surface area contributed by atoms with Crippen LogP contribution < -0.4 is 5.32 Å². The van der Waals surface area contributed by atoms with Crippen LogP contribution in [0.2, 0.25) is 0 Å². The molecule has 1 unspecified atom stereocenters. The normalized spacial score (nSPS) is 12.8. The highest BCUT2D eigenvalue weighted by atomic mass is 16.5. The van der Waals surface area contributed by atoms with Crippen molar-refractivity contribution in [1.29, 1.82) is 5.26 Å². The van der Waals surface area contributed by atoms with Crippen molar-refractivity contribution < 1.29 is 19.4 Å². The van der Waals surface area contributed by atoms with Gasteiger partial charge in [-0.2, -0.15) is 10.4 Å². The van der Waals surface area contributed by atoms with Gasteiger partial charge in [-0.05, 0) is 46.0 Å². The molecule has 1 atom stereocenters. The Hall–Kier alpha value is -5.49. The molecule has 5 aromatic rings. The first kappa shape index (κ1) is 24.8. The summed E-state index contributed by atoms with van der Waals surface area (Å²) in [5.41, 5.74) is 7.30. The van der Waals surface area contributed by atoms with E-state index in [4.69, 9.17) is 10.00 Å². The maximum absolute atomic E-state index is 12.7. The topological polar surface area (TPSA) is 130 Å². The Balaban J connectivity index is 1.14. The molecule has 2 heterocycles. The average molecular weight is 530 g/mol. The highest BCUT2D eigenvalue weighted by Gasteiger charge is 2.30. The minimum Gasteiger partial charge on any atom is -0.480 e. The SMILES string of the molecule is N#Cc1cn2nc(-c3cccc(CC(NC(=O)OCC4c5ccccc5-c5ccccc54)C(=O)O)c3)ccc2n1. The first-order valence-corrected chi connectivity index (χ1v) is 12.7. The van der Waals surface area contributed by atoms with Gasteiger partial charge in [-0.15, -0.1) is 0 Å². The second kappa shape index (κ2) is 10.3. The number of carboxylic acids is 1. The van der Waals surface area contributed by atoms with E-state index in [1.165, 1.54) is 4.52 Å². The predicted octanol–water partition coefficient (Wildman–Crippen LogP) is 4.80. The number of aromatic nitrogens is 3. The Morgan fingerprint density at radius 2 is 1.73 bits per heavy atom. The molecule has 9 nitrogen and oxygen atoms in total. The molecular weight excluding hydrogens is 506 g/mol. The average Bonchev–Trinajstić information content (AvgIpc) is 3.54. The van der Waals surface area contributed by atoms with Gasteiger partial charge in [0.1, 0.15) is 18.7 Å². The van der Waals surface area contributed by atoms with Crippen LogP contribution in [0.3, 0.4) is 0 Å². The van der Waals surface area contributed by atoms with Gasteiger partial charge in [0, 0.05) is 17.9 Å². The minimum atomic E-state index is -1.19. The number of hydrogen-bond acceptors (Lipinski definition) is 6. The summed E-state index contributed by atoms with van der Waals surface area (Å²) in [7, 11) is 0. The molecule has 1 aliphatic carbocycles. The maximum Gasteiger partial charge on any atom is 0.407 e. The third-order valence-corrected chi connectivity index (χ3v) is 7.03. The molecule has 0 spiro atoms. The molecule has 0 aliphatic heterocycles. The number of fused-ring (bicyclic) bond motifs is 4. The molecule has 9 heteroatoms. The summed E-state index contributed by atoms with van der Waals surface area (Å²) in [6, 6.07) is 27.7. The smallest absolute Gasteiger partial charge is 0.407 e. The fraction of sp³-hybridized carbons (Fsp3) is 0.129. The first-order valence-electron chi connectivity index (χ1n) is 12.7. The van der Waals surface area contributed by atoms with Crippen LogP contribution >= 0.6 is 0 Å². The fourth-order valence-electron chi connectivity index (χ4n) is 5.17. The molecule has 0 fully saturated rings. The lowest BCUT2D eigenvalue weighted by Crippen LogP contribution is -2.42. The largest absolute Gasteiger partial charge is 0.480 e. The number of carbonyl (C=O) groups excluding carboxylic acids is 1. The number of nitrogens with zero attached hydrogens (tertiary/aromatic N) is 4. The lowest BCUT2D eigenvalue weighted by atomic mass is 9.98. The number of carboxylic acid groups (broad SMARTS) is 1. The van der Waals surface area contributed by atoms with Crippen molar-refractivity contribution in [2.45, 2.75) is 18.4 Å². The Morgan fingerprint density at radius 3 is 2.42 bits per heavy atom. The molecule has 3 aromatic carbocycles. The lowest BCUT2D eigenvalue weighted by molar-refractivity contribution is -0.139. The fourth-order valence-corrected chi connectivity index (χ4v) is 5.17. The summed E-state index contributed by atoms with van der Waals surface area (Å²) in [6.45, 7) is 0.0948. The van der Waals surface area contributed by atoms with E-state index in [0.29, 0.717) is 16.9 Å². The van der Waals surface area contributed by atoms with Gasteiger partial charge in [0.05, 0.1) is 11.9 Å². The summed E-state index contributed by atoms with van der Waals surface area (Å²) >= 11 is 0. The van der Waals surface area contributed by atoms with E-state index in [9.17, 15) is 14.7 Å². The second-order valence-electron chi connectivity index (χ2n) is 9.52. The highest BCUT2D eigenvalue weighted by Crippen LogP contribution is 2.44. The highest BCUT2D eigenvalue weighted by molar-refractivity contribution is 5.81. The van der Waals surface area contributed by atoms with Crippen LogP contribution in [0.4, 0.5) is 4.79 Å². The number of aliphatic carboxylic acids is 1. The summed E-state index contributed by atoms with van der Waals surface area (Å²) in [4.78, 5) is 28.9. The molecule has 0 radical (unpaired) electrons. The standard InChI is InChI=1S/C31H23N5O4/c32-16-21-17-36-29(33-21)13-12-27(35-36)20-7-5-6-19(14-20)15-28(30(37)38)34-31(39)40-18-26-24-10-3-1-8-22(24)23-9-2-4-11-25(23)26/h1-14,17,26,28H,15,18H2,(H,34,39)(H,37,38). The Labute approximate surface area is 229 Å². The zero-order valence-electron chi connectivity index (χ0n) is 21.2. The number of alkyl carbamates (subject to hydrolysis) is 1. The van der Waals surface area contributed by atoms with E-state index in [1.54, 1.807) is 30.5 Å². The molecule has 1 amide bonds. The van der Waals surface area contributed by atoms with Crippen molar-refractivity contribution in [3.63, 3.8) is 0 Å². The number of amides is 1. The van der Waals surface area contributed by atoms with Crippen molar-refractivity contribution in [2.75, 3.05) is 6.61 Å². The van der Waals surface area contributed by atoms with Gasteiger partial charge in [0.15, 0.2) is 11.3 Å².